The van der Waals surface area contributed by atoms with Crippen molar-refractivity contribution in [1.29, 1.82) is 0 Å². The lowest BCUT2D eigenvalue weighted by molar-refractivity contribution is -0.266. The van der Waals surface area contributed by atoms with E-state index < -0.39 is 36.0 Å². The summed E-state index contributed by atoms with van der Waals surface area (Å²) in [6.07, 6.45) is -4.18. The average molecular weight is 545 g/mol. The predicted molar refractivity (Wildman–Crippen MR) is 136 cm³/mol. The second kappa shape index (κ2) is 10.0. The van der Waals surface area contributed by atoms with E-state index in [9.17, 15) is 27.5 Å². The Labute approximate surface area is 218 Å². The number of ether oxygens (including phenoxy) is 1. The number of aromatic nitrogens is 4. The van der Waals surface area contributed by atoms with Gasteiger partial charge in [0.1, 0.15) is 28.8 Å². The van der Waals surface area contributed by atoms with Crippen LogP contribution in [0.15, 0.2) is 53.5 Å². The molecule has 0 saturated carbocycles. The Kier molecular flexibility index (Phi) is 6.72. The molecule has 5 rings (SSSR count). The Morgan fingerprint density at radius 2 is 1.85 bits per heavy atom. The molecule has 14 heteroatoms. The van der Waals surface area contributed by atoms with Crippen molar-refractivity contribution >= 4 is 39.9 Å². The molecule has 4 N–H and O–H groups in total. The fraction of sp³-hybridized carbons (Fsp3) is 0.280. The largest absolute Gasteiger partial charge is 0.479 e. The summed E-state index contributed by atoms with van der Waals surface area (Å²) < 4.78 is 58.7. The first kappa shape index (κ1) is 26.2. The van der Waals surface area contributed by atoms with Gasteiger partial charge >= 0.3 is 6.18 Å². The number of hydrogen-bond donors (Lipinski definition) is 4. The van der Waals surface area contributed by atoms with E-state index in [1.807, 2.05) is 0 Å². The molecule has 0 amide bonds. The number of nitrogens with one attached hydrogen (secondary N) is 3. The fourth-order valence-electron chi connectivity index (χ4n) is 4.28. The molecule has 1 aliphatic heterocycles. The van der Waals surface area contributed by atoms with E-state index in [4.69, 9.17) is 4.74 Å². The summed E-state index contributed by atoms with van der Waals surface area (Å²) in [5.74, 6) is 0.428. The van der Waals surface area contributed by atoms with Crippen molar-refractivity contribution in [1.82, 2.24) is 19.9 Å². The van der Waals surface area contributed by atoms with Crippen molar-refractivity contribution in [3.05, 3.63) is 64.8 Å². The SMILES string of the molecule is COc1nc(N2CCC(O)(C(F)(F)F)CC2)ccc1Nc1nccc(Nc2cc3cccc(F)c3[nH]c2=O)n1. The number of methoxy groups -OCH3 is 1. The number of pyridine rings is 2. The summed E-state index contributed by atoms with van der Waals surface area (Å²) in [5, 5.41) is 16.3. The number of rotatable bonds is 6. The Hall–Kier alpha value is -4.46. The number of alkyl halides is 3. The van der Waals surface area contributed by atoms with Crippen molar-refractivity contribution in [2.45, 2.75) is 24.6 Å². The van der Waals surface area contributed by atoms with Crippen LogP contribution in [0.2, 0.25) is 0 Å². The van der Waals surface area contributed by atoms with E-state index in [1.54, 1.807) is 23.1 Å². The Bertz CT molecular complexity index is 1570. The molecule has 4 aromatic rings. The number of aliphatic hydroxyl groups is 1. The summed E-state index contributed by atoms with van der Waals surface area (Å²) in [6, 6.07) is 10.7. The number of H-pyrrole nitrogens is 1. The van der Waals surface area contributed by atoms with Crippen LogP contribution in [0.3, 0.4) is 0 Å². The summed E-state index contributed by atoms with van der Waals surface area (Å²) in [7, 11) is 1.39. The van der Waals surface area contributed by atoms with E-state index in [0.29, 0.717) is 16.9 Å². The number of anilines is 5. The minimum atomic E-state index is -4.69. The number of para-hydroxylation sites is 1. The van der Waals surface area contributed by atoms with Gasteiger partial charge in [-0.1, -0.05) is 12.1 Å². The molecule has 1 saturated heterocycles. The van der Waals surface area contributed by atoms with Gasteiger partial charge in [-0.05, 0) is 30.3 Å². The molecular weight excluding hydrogens is 522 g/mol. The average Bonchev–Trinajstić information content (AvgIpc) is 2.90. The first-order valence-electron chi connectivity index (χ1n) is 11.8. The van der Waals surface area contributed by atoms with Gasteiger partial charge in [-0.3, -0.25) is 4.79 Å². The Morgan fingerprint density at radius 3 is 2.56 bits per heavy atom. The van der Waals surface area contributed by atoms with E-state index in [-0.39, 0.29) is 41.9 Å². The molecule has 0 aliphatic carbocycles. The lowest BCUT2D eigenvalue weighted by atomic mass is 9.91. The zero-order chi connectivity index (χ0) is 27.8. The maximum atomic E-state index is 14.0. The second-order valence-corrected chi connectivity index (χ2v) is 8.97. The van der Waals surface area contributed by atoms with Crippen molar-refractivity contribution < 1.29 is 27.4 Å². The van der Waals surface area contributed by atoms with Gasteiger partial charge in [-0.25, -0.2) is 9.37 Å². The van der Waals surface area contributed by atoms with Crippen molar-refractivity contribution in [3.8, 4) is 5.88 Å². The number of halogens is 4. The third-order valence-corrected chi connectivity index (χ3v) is 6.47. The predicted octanol–water partition coefficient (Wildman–Crippen LogP) is 4.24. The lowest BCUT2D eigenvalue weighted by Crippen LogP contribution is -2.53. The normalized spacial score (nSPS) is 15.3. The van der Waals surface area contributed by atoms with Crippen LogP contribution in [-0.4, -0.2) is 57.0 Å². The second-order valence-electron chi connectivity index (χ2n) is 8.97. The molecule has 0 spiro atoms. The van der Waals surface area contributed by atoms with Crippen molar-refractivity contribution in [2.24, 2.45) is 0 Å². The molecular formula is C25H23F4N7O3. The highest BCUT2D eigenvalue weighted by molar-refractivity contribution is 5.82. The molecule has 39 heavy (non-hydrogen) atoms. The lowest BCUT2D eigenvalue weighted by Gasteiger charge is -2.39. The zero-order valence-electron chi connectivity index (χ0n) is 20.5. The van der Waals surface area contributed by atoms with E-state index in [1.165, 1.54) is 37.6 Å². The standard InChI is InChI=1S/C25H23F4N7O3/c1-39-22-16(5-6-19(34-22)36-11-8-24(38,9-12-36)25(27,28)29)32-23-30-10-7-18(33-23)31-17-13-14-3-2-4-15(26)20(14)35-21(17)37/h2-7,10,13,38H,8-9,11-12H2,1H3,(H,35,37)(H2,30,31,32,33). The van der Waals surface area contributed by atoms with Gasteiger partial charge < -0.3 is 30.4 Å². The minimum Gasteiger partial charge on any atom is -0.479 e. The van der Waals surface area contributed by atoms with Gasteiger partial charge in [0.15, 0.2) is 5.60 Å². The first-order chi connectivity index (χ1) is 18.6. The third kappa shape index (κ3) is 5.27. The van der Waals surface area contributed by atoms with Crippen LogP contribution in [0.5, 0.6) is 5.88 Å². The number of aromatic amines is 1. The first-order valence-corrected chi connectivity index (χ1v) is 11.8. The van der Waals surface area contributed by atoms with Crippen molar-refractivity contribution in [2.75, 3.05) is 35.7 Å². The summed E-state index contributed by atoms with van der Waals surface area (Å²) in [5.41, 5.74) is -2.60. The number of piperidine rings is 1. The quantitative estimate of drug-likeness (QED) is 0.263. The minimum absolute atomic E-state index is 0.0314. The highest BCUT2D eigenvalue weighted by Gasteiger charge is 2.54. The third-order valence-electron chi connectivity index (χ3n) is 6.47. The van der Waals surface area contributed by atoms with E-state index in [2.05, 4.69) is 30.6 Å². The van der Waals surface area contributed by atoms with Crippen molar-refractivity contribution in [3.63, 3.8) is 0 Å². The molecule has 1 aliphatic rings. The maximum Gasteiger partial charge on any atom is 0.417 e. The molecule has 0 atom stereocenters. The summed E-state index contributed by atoms with van der Waals surface area (Å²) in [6.45, 7) is -0.0629. The van der Waals surface area contributed by atoms with Crippen LogP contribution in [-0.2, 0) is 0 Å². The number of nitrogens with zero attached hydrogens (tertiary/aromatic N) is 4. The van der Waals surface area contributed by atoms with E-state index in [0.717, 1.165) is 0 Å². The van der Waals surface area contributed by atoms with Gasteiger partial charge in [0, 0.05) is 37.5 Å². The van der Waals surface area contributed by atoms with Crippen LogP contribution < -0.4 is 25.8 Å². The van der Waals surface area contributed by atoms with Gasteiger partial charge in [-0.2, -0.15) is 23.1 Å². The highest BCUT2D eigenvalue weighted by Crippen LogP contribution is 2.39. The fourth-order valence-corrected chi connectivity index (χ4v) is 4.28. The number of fused-ring (bicyclic) bond motifs is 1. The monoisotopic (exact) mass is 545 g/mol. The Balaban J connectivity index is 1.32. The Morgan fingerprint density at radius 1 is 1.08 bits per heavy atom. The highest BCUT2D eigenvalue weighted by atomic mass is 19.4. The topological polar surface area (TPSA) is 128 Å². The molecule has 3 aromatic heterocycles. The van der Waals surface area contributed by atoms with Gasteiger partial charge in [0.2, 0.25) is 11.8 Å². The zero-order valence-corrected chi connectivity index (χ0v) is 20.5. The molecule has 0 radical (unpaired) electrons. The van der Waals surface area contributed by atoms with Gasteiger partial charge in [0.25, 0.3) is 5.56 Å². The number of benzene rings is 1. The maximum absolute atomic E-state index is 14.0. The van der Waals surface area contributed by atoms with Gasteiger partial charge in [-0.15, -0.1) is 0 Å². The molecule has 204 valence electrons. The van der Waals surface area contributed by atoms with Crippen LogP contribution in [0.25, 0.3) is 10.9 Å². The molecule has 0 bridgehead atoms. The summed E-state index contributed by atoms with van der Waals surface area (Å²) >= 11 is 0. The summed E-state index contributed by atoms with van der Waals surface area (Å²) in [4.78, 5) is 29.5. The van der Waals surface area contributed by atoms with Gasteiger partial charge in [0.05, 0.1) is 12.6 Å². The molecule has 1 fully saturated rings. The molecule has 1 aromatic carbocycles. The van der Waals surface area contributed by atoms with Crippen LogP contribution in [0.1, 0.15) is 12.8 Å². The van der Waals surface area contributed by atoms with E-state index >= 15 is 0 Å². The van der Waals surface area contributed by atoms with Crippen LogP contribution >= 0.6 is 0 Å². The smallest absolute Gasteiger partial charge is 0.417 e. The molecule has 10 nitrogen and oxygen atoms in total. The molecule has 0 unspecified atom stereocenters. The van der Waals surface area contributed by atoms with Crippen LogP contribution in [0.4, 0.5) is 46.5 Å². The molecule has 4 heterocycles. The number of hydrogen-bond acceptors (Lipinski definition) is 9. The van der Waals surface area contributed by atoms with Crippen LogP contribution in [0, 0.1) is 5.82 Å².